The summed E-state index contributed by atoms with van der Waals surface area (Å²) in [4.78, 5) is 24.3. The molecule has 2 aliphatic rings. The molecule has 5 rings (SSSR count). The van der Waals surface area contributed by atoms with Crippen molar-refractivity contribution in [3.05, 3.63) is 48.0 Å². The lowest BCUT2D eigenvalue weighted by Crippen LogP contribution is -2.55. The SMILES string of the molecule is Cc1c(C(=O)N2CCN(C3CCCN(C)C3)CC2)nnn1-c1cccc2cnccc12. The van der Waals surface area contributed by atoms with E-state index in [0.717, 1.165) is 54.9 Å². The largest absolute Gasteiger partial charge is 0.335 e. The molecule has 1 amide bonds. The van der Waals surface area contributed by atoms with Gasteiger partial charge in [-0.05, 0) is 45.5 Å². The Morgan fingerprint density at radius 2 is 1.94 bits per heavy atom. The molecule has 2 aromatic heterocycles. The number of amides is 1. The predicted octanol–water partition coefficient (Wildman–Crippen LogP) is 1.98. The second-order valence-corrected chi connectivity index (χ2v) is 8.70. The summed E-state index contributed by atoms with van der Waals surface area (Å²) in [6, 6.07) is 8.57. The Bertz CT molecular complexity index is 1080. The second kappa shape index (κ2) is 8.36. The van der Waals surface area contributed by atoms with Gasteiger partial charge in [0.2, 0.25) is 0 Å². The fourth-order valence-corrected chi connectivity index (χ4v) is 4.92. The van der Waals surface area contributed by atoms with Crippen molar-refractivity contribution in [3.63, 3.8) is 0 Å². The first kappa shape index (κ1) is 20.1. The number of nitrogens with zero attached hydrogens (tertiary/aromatic N) is 7. The van der Waals surface area contributed by atoms with E-state index in [2.05, 4.69) is 32.1 Å². The zero-order chi connectivity index (χ0) is 21.4. The third-order valence-corrected chi connectivity index (χ3v) is 6.70. The van der Waals surface area contributed by atoms with Crippen molar-refractivity contribution in [1.82, 2.24) is 34.7 Å². The molecule has 2 fully saturated rings. The van der Waals surface area contributed by atoms with E-state index in [1.807, 2.05) is 42.3 Å². The van der Waals surface area contributed by atoms with E-state index in [1.54, 1.807) is 10.9 Å². The summed E-state index contributed by atoms with van der Waals surface area (Å²) in [5.74, 6) is -0.0222. The number of rotatable bonds is 3. The van der Waals surface area contributed by atoms with Crippen LogP contribution >= 0.6 is 0 Å². The molecule has 8 heteroatoms. The van der Waals surface area contributed by atoms with E-state index in [1.165, 1.54) is 19.4 Å². The van der Waals surface area contributed by atoms with Crippen LogP contribution in [0.2, 0.25) is 0 Å². The van der Waals surface area contributed by atoms with Crippen LogP contribution in [-0.2, 0) is 0 Å². The van der Waals surface area contributed by atoms with Crippen molar-refractivity contribution in [2.75, 3.05) is 46.3 Å². The highest BCUT2D eigenvalue weighted by Gasteiger charge is 2.30. The van der Waals surface area contributed by atoms with Crippen LogP contribution in [0, 0.1) is 6.92 Å². The van der Waals surface area contributed by atoms with E-state index in [4.69, 9.17) is 0 Å². The fraction of sp³-hybridized carbons (Fsp3) is 0.478. The molecule has 31 heavy (non-hydrogen) atoms. The average molecular weight is 420 g/mol. The molecule has 0 N–H and O–H groups in total. The van der Waals surface area contributed by atoms with Crippen LogP contribution in [0.3, 0.4) is 0 Å². The van der Waals surface area contributed by atoms with Crippen molar-refractivity contribution < 1.29 is 4.79 Å². The highest BCUT2D eigenvalue weighted by atomic mass is 16.2. The molecule has 0 aliphatic carbocycles. The van der Waals surface area contributed by atoms with Gasteiger partial charge in [0.15, 0.2) is 5.69 Å². The molecule has 1 unspecified atom stereocenters. The third kappa shape index (κ3) is 3.81. The van der Waals surface area contributed by atoms with Crippen molar-refractivity contribution >= 4 is 16.7 Å². The fourth-order valence-electron chi connectivity index (χ4n) is 4.92. The number of pyridine rings is 1. The van der Waals surface area contributed by atoms with Gasteiger partial charge in [-0.1, -0.05) is 17.3 Å². The van der Waals surface area contributed by atoms with Crippen LogP contribution in [0.4, 0.5) is 0 Å². The van der Waals surface area contributed by atoms with Crippen molar-refractivity contribution in [1.29, 1.82) is 0 Å². The Labute approximate surface area is 182 Å². The molecule has 2 saturated heterocycles. The number of piperazine rings is 1. The van der Waals surface area contributed by atoms with E-state index >= 15 is 0 Å². The Balaban J connectivity index is 1.32. The highest BCUT2D eigenvalue weighted by molar-refractivity contribution is 5.94. The molecular weight excluding hydrogens is 390 g/mol. The molecule has 3 aromatic rings. The Morgan fingerprint density at radius 3 is 2.74 bits per heavy atom. The smallest absolute Gasteiger partial charge is 0.276 e. The average Bonchev–Trinajstić information content (AvgIpc) is 3.19. The van der Waals surface area contributed by atoms with E-state index in [-0.39, 0.29) is 5.91 Å². The second-order valence-electron chi connectivity index (χ2n) is 8.70. The van der Waals surface area contributed by atoms with Gasteiger partial charge in [-0.3, -0.25) is 14.7 Å². The number of piperidine rings is 1. The van der Waals surface area contributed by atoms with Gasteiger partial charge in [0.05, 0.1) is 11.4 Å². The molecule has 0 bridgehead atoms. The van der Waals surface area contributed by atoms with Gasteiger partial charge in [-0.2, -0.15) is 0 Å². The molecule has 1 aromatic carbocycles. The normalized spacial score (nSPS) is 21.0. The summed E-state index contributed by atoms with van der Waals surface area (Å²) < 4.78 is 1.77. The zero-order valence-electron chi connectivity index (χ0n) is 18.2. The van der Waals surface area contributed by atoms with Gasteiger partial charge >= 0.3 is 0 Å². The first-order chi connectivity index (χ1) is 15.1. The standard InChI is InChI=1S/C23H29N7O/c1-17-22(25-26-30(17)21-7-3-5-18-15-24-9-8-20(18)21)23(31)29-13-11-28(12-14-29)19-6-4-10-27(2)16-19/h3,5,7-9,15,19H,4,6,10-14,16H2,1-2H3. The van der Waals surface area contributed by atoms with Gasteiger partial charge in [-0.15, -0.1) is 5.10 Å². The molecule has 0 saturated carbocycles. The maximum atomic E-state index is 13.2. The van der Waals surface area contributed by atoms with E-state index < -0.39 is 0 Å². The molecule has 0 spiro atoms. The summed E-state index contributed by atoms with van der Waals surface area (Å²) in [5, 5.41) is 10.7. The number of benzene rings is 1. The van der Waals surface area contributed by atoms with Crippen molar-refractivity contribution in [2.24, 2.45) is 0 Å². The topological polar surface area (TPSA) is 70.4 Å². The third-order valence-electron chi connectivity index (χ3n) is 6.70. The quantitative estimate of drug-likeness (QED) is 0.647. The van der Waals surface area contributed by atoms with Gasteiger partial charge < -0.3 is 9.80 Å². The number of likely N-dealkylation sites (N-methyl/N-ethyl adjacent to an activating group) is 1. The highest BCUT2D eigenvalue weighted by Crippen LogP contribution is 2.23. The van der Waals surface area contributed by atoms with Gasteiger partial charge in [0.25, 0.3) is 5.91 Å². The first-order valence-electron chi connectivity index (χ1n) is 11.1. The van der Waals surface area contributed by atoms with Gasteiger partial charge in [0.1, 0.15) is 0 Å². The summed E-state index contributed by atoms with van der Waals surface area (Å²) in [7, 11) is 2.20. The molecule has 8 nitrogen and oxygen atoms in total. The molecule has 2 aliphatic heterocycles. The Kier molecular flexibility index (Phi) is 5.41. The zero-order valence-corrected chi connectivity index (χ0v) is 18.2. The molecular formula is C23H29N7O. The predicted molar refractivity (Wildman–Crippen MR) is 119 cm³/mol. The summed E-state index contributed by atoms with van der Waals surface area (Å²) in [6.45, 7) is 7.57. The van der Waals surface area contributed by atoms with Gasteiger partial charge in [0, 0.05) is 61.9 Å². The van der Waals surface area contributed by atoms with Crippen LogP contribution in [0.25, 0.3) is 16.5 Å². The number of fused-ring (bicyclic) bond motifs is 1. The minimum absolute atomic E-state index is 0.0222. The maximum Gasteiger partial charge on any atom is 0.276 e. The van der Waals surface area contributed by atoms with Crippen LogP contribution in [0.5, 0.6) is 0 Å². The van der Waals surface area contributed by atoms with Crippen molar-refractivity contribution in [2.45, 2.75) is 25.8 Å². The van der Waals surface area contributed by atoms with Crippen molar-refractivity contribution in [3.8, 4) is 5.69 Å². The maximum absolute atomic E-state index is 13.2. The number of aromatic nitrogens is 4. The lowest BCUT2D eigenvalue weighted by Gasteiger charge is -2.42. The Hall–Kier alpha value is -2.84. The number of carbonyl (C=O) groups is 1. The lowest BCUT2D eigenvalue weighted by atomic mass is 10.0. The van der Waals surface area contributed by atoms with Crippen LogP contribution in [0.1, 0.15) is 29.0 Å². The number of hydrogen-bond donors (Lipinski definition) is 0. The first-order valence-corrected chi connectivity index (χ1v) is 11.1. The van der Waals surface area contributed by atoms with Crippen LogP contribution < -0.4 is 0 Å². The number of likely N-dealkylation sites (tertiary alicyclic amines) is 1. The summed E-state index contributed by atoms with van der Waals surface area (Å²) >= 11 is 0. The molecule has 0 radical (unpaired) electrons. The van der Waals surface area contributed by atoms with Gasteiger partial charge in [-0.25, -0.2) is 4.68 Å². The van der Waals surface area contributed by atoms with Crippen LogP contribution in [-0.4, -0.2) is 92.9 Å². The summed E-state index contributed by atoms with van der Waals surface area (Å²) in [6.07, 6.45) is 6.12. The lowest BCUT2D eigenvalue weighted by molar-refractivity contribution is 0.0447. The van der Waals surface area contributed by atoms with E-state index in [0.29, 0.717) is 11.7 Å². The molecule has 162 valence electrons. The minimum atomic E-state index is -0.0222. The molecule has 1 atom stereocenters. The number of carbonyl (C=O) groups excluding carboxylic acids is 1. The van der Waals surface area contributed by atoms with E-state index in [9.17, 15) is 4.79 Å². The Morgan fingerprint density at radius 1 is 1.10 bits per heavy atom. The monoisotopic (exact) mass is 419 g/mol. The summed E-state index contributed by atoms with van der Waals surface area (Å²) in [5.41, 5.74) is 2.12. The molecule has 4 heterocycles. The van der Waals surface area contributed by atoms with Crippen LogP contribution in [0.15, 0.2) is 36.7 Å². The number of hydrogen-bond acceptors (Lipinski definition) is 6. The minimum Gasteiger partial charge on any atom is -0.335 e.